The maximum absolute atomic E-state index is 12.9. The monoisotopic (exact) mass is 388 g/mol. The summed E-state index contributed by atoms with van der Waals surface area (Å²) in [6, 6.07) is 8.32. The average Bonchev–Trinajstić information content (AvgIpc) is 2.57. The van der Waals surface area contributed by atoms with Gasteiger partial charge in [-0.15, -0.1) is 0 Å². The first-order valence-corrected chi connectivity index (χ1v) is 10.7. The van der Waals surface area contributed by atoms with Gasteiger partial charge in [-0.1, -0.05) is 79.7 Å². The lowest BCUT2D eigenvalue weighted by Gasteiger charge is -2.22. The van der Waals surface area contributed by atoms with Crippen LogP contribution in [0.25, 0.3) is 0 Å². The summed E-state index contributed by atoms with van der Waals surface area (Å²) < 4.78 is 5.49. The van der Waals surface area contributed by atoms with Gasteiger partial charge in [0.25, 0.3) is 0 Å². The summed E-state index contributed by atoms with van der Waals surface area (Å²) in [7, 11) is 0. The van der Waals surface area contributed by atoms with Gasteiger partial charge in [0.05, 0.1) is 12.5 Å². The van der Waals surface area contributed by atoms with Crippen molar-refractivity contribution in [1.29, 1.82) is 0 Å². The molecule has 28 heavy (non-hydrogen) atoms. The third kappa shape index (κ3) is 8.58. The molecular weight excluding hydrogens is 348 g/mol. The van der Waals surface area contributed by atoms with Crippen molar-refractivity contribution in [2.24, 2.45) is 23.2 Å². The summed E-state index contributed by atoms with van der Waals surface area (Å²) in [4.78, 5) is 25.4. The molecule has 0 amide bonds. The van der Waals surface area contributed by atoms with E-state index in [9.17, 15) is 9.59 Å². The van der Waals surface area contributed by atoms with E-state index in [-0.39, 0.29) is 41.3 Å². The number of esters is 1. The van der Waals surface area contributed by atoms with E-state index in [0.717, 1.165) is 18.4 Å². The molecule has 0 heterocycles. The molecule has 0 bridgehead atoms. The molecule has 0 saturated heterocycles. The number of ketones is 1. The molecule has 1 aromatic carbocycles. The summed E-state index contributed by atoms with van der Waals surface area (Å²) in [5, 5.41) is 0. The number of carbonyl (C=O) groups excluding carboxylic acids is 2. The Morgan fingerprint density at radius 2 is 1.54 bits per heavy atom. The van der Waals surface area contributed by atoms with E-state index in [2.05, 4.69) is 46.8 Å². The number of carbonyl (C=O) groups is 2. The second-order valence-corrected chi connectivity index (χ2v) is 10.1. The first kappa shape index (κ1) is 24.4. The van der Waals surface area contributed by atoms with E-state index in [0.29, 0.717) is 12.5 Å². The predicted molar refractivity (Wildman–Crippen MR) is 116 cm³/mol. The SMILES string of the molecule is CC(C)Cc1ccc(C(C)C(=O)CC(C(=O)OCCC(C)(C)C)C(C)C)cc1. The molecule has 0 aliphatic heterocycles. The summed E-state index contributed by atoms with van der Waals surface area (Å²) in [5.74, 6) is -0.0466. The Balaban J connectivity index is 2.70. The molecule has 158 valence electrons. The molecule has 0 aliphatic rings. The van der Waals surface area contributed by atoms with Gasteiger partial charge in [0.1, 0.15) is 5.78 Å². The third-order valence-electron chi connectivity index (χ3n) is 5.23. The summed E-state index contributed by atoms with van der Waals surface area (Å²) in [6.45, 7) is 17.1. The molecule has 0 fully saturated rings. The van der Waals surface area contributed by atoms with Crippen LogP contribution in [0.2, 0.25) is 0 Å². The third-order valence-corrected chi connectivity index (χ3v) is 5.23. The highest BCUT2D eigenvalue weighted by atomic mass is 16.5. The van der Waals surface area contributed by atoms with Crippen LogP contribution in [-0.4, -0.2) is 18.4 Å². The van der Waals surface area contributed by atoms with Crippen molar-refractivity contribution < 1.29 is 14.3 Å². The Bertz CT molecular complexity index is 620. The van der Waals surface area contributed by atoms with Gasteiger partial charge in [-0.2, -0.15) is 0 Å². The van der Waals surface area contributed by atoms with Crippen LogP contribution in [0.15, 0.2) is 24.3 Å². The van der Waals surface area contributed by atoms with Crippen molar-refractivity contribution in [2.45, 2.75) is 80.6 Å². The van der Waals surface area contributed by atoms with Crippen LogP contribution in [0.5, 0.6) is 0 Å². The summed E-state index contributed by atoms with van der Waals surface area (Å²) in [6.07, 6.45) is 2.09. The number of hydrogen-bond acceptors (Lipinski definition) is 3. The smallest absolute Gasteiger partial charge is 0.309 e. The second kappa shape index (κ2) is 10.8. The molecule has 1 rings (SSSR count). The lowest BCUT2D eigenvalue weighted by atomic mass is 9.85. The van der Waals surface area contributed by atoms with Crippen LogP contribution >= 0.6 is 0 Å². The Labute approximate surface area is 172 Å². The van der Waals surface area contributed by atoms with Crippen molar-refractivity contribution in [3.8, 4) is 0 Å². The number of hydrogen-bond donors (Lipinski definition) is 0. The largest absolute Gasteiger partial charge is 0.465 e. The highest BCUT2D eigenvalue weighted by Crippen LogP contribution is 2.26. The Hall–Kier alpha value is -1.64. The van der Waals surface area contributed by atoms with Gasteiger partial charge in [-0.25, -0.2) is 0 Å². The zero-order valence-corrected chi connectivity index (χ0v) is 19.2. The normalized spacial score (nSPS) is 14.2. The molecule has 3 nitrogen and oxygen atoms in total. The van der Waals surface area contributed by atoms with Gasteiger partial charge in [0, 0.05) is 12.3 Å². The number of benzene rings is 1. The van der Waals surface area contributed by atoms with Crippen LogP contribution in [-0.2, 0) is 20.7 Å². The Kier molecular flexibility index (Phi) is 9.39. The van der Waals surface area contributed by atoms with Crippen molar-refractivity contribution in [1.82, 2.24) is 0 Å². The molecule has 0 aromatic heterocycles. The predicted octanol–water partition coefficient (Wildman–Crippen LogP) is 6.20. The van der Waals surface area contributed by atoms with E-state index in [1.54, 1.807) is 0 Å². The maximum Gasteiger partial charge on any atom is 0.309 e. The quantitative estimate of drug-likeness (QED) is 0.448. The van der Waals surface area contributed by atoms with Crippen molar-refractivity contribution in [3.05, 3.63) is 35.4 Å². The molecule has 0 saturated carbocycles. The van der Waals surface area contributed by atoms with Crippen molar-refractivity contribution in [2.75, 3.05) is 6.61 Å². The topological polar surface area (TPSA) is 43.4 Å². The highest BCUT2D eigenvalue weighted by Gasteiger charge is 2.29. The molecular formula is C25H40O3. The van der Waals surface area contributed by atoms with E-state index in [1.807, 2.05) is 32.9 Å². The van der Waals surface area contributed by atoms with Gasteiger partial charge < -0.3 is 4.74 Å². The van der Waals surface area contributed by atoms with Gasteiger partial charge in [-0.3, -0.25) is 9.59 Å². The Morgan fingerprint density at radius 3 is 2.00 bits per heavy atom. The zero-order valence-electron chi connectivity index (χ0n) is 19.2. The van der Waals surface area contributed by atoms with Crippen LogP contribution in [0.4, 0.5) is 0 Å². The van der Waals surface area contributed by atoms with Crippen LogP contribution in [0.3, 0.4) is 0 Å². The molecule has 0 aliphatic carbocycles. The van der Waals surface area contributed by atoms with Crippen LogP contribution in [0.1, 0.15) is 85.3 Å². The fourth-order valence-electron chi connectivity index (χ4n) is 3.15. The maximum atomic E-state index is 12.9. The van der Waals surface area contributed by atoms with Gasteiger partial charge in [0.2, 0.25) is 0 Å². The van der Waals surface area contributed by atoms with Crippen LogP contribution < -0.4 is 0 Å². The summed E-state index contributed by atoms with van der Waals surface area (Å²) in [5.41, 5.74) is 2.43. The zero-order chi connectivity index (χ0) is 21.5. The molecule has 3 heteroatoms. The van der Waals surface area contributed by atoms with Gasteiger partial charge in [-0.05, 0) is 41.2 Å². The highest BCUT2D eigenvalue weighted by molar-refractivity contribution is 5.89. The Morgan fingerprint density at radius 1 is 0.964 bits per heavy atom. The minimum atomic E-state index is -0.380. The minimum absolute atomic E-state index is 0.0757. The van der Waals surface area contributed by atoms with E-state index in [1.165, 1.54) is 5.56 Å². The lowest BCUT2D eigenvalue weighted by Crippen LogP contribution is -2.28. The first-order chi connectivity index (χ1) is 12.9. The number of ether oxygens (including phenoxy) is 1. The molecule has 0 N–H and O–H groups in total. The fraction of sp³-hybridized carbons (Fsp3) is 0.680. The first-order valence-electron chi connectivity index (χ1n) is 10.7. The molecule has 2 unspecified atom stereocenters. The van der Waals surface area contributed by atoms with Gasteiger partial charge in [0.15, 0.2) is 0 Å². The number of rotatable bonds is 10. The molecule has 0 spiro atoms. The summed E-state index contributed by atoms with van der Waals surface area (Å²) >= 11 is 0. The van der Waals surface area contributed by atoms with E-state index in [4.69, 9.17) is 4.74 Å². The number of Topliss-reactive ketones (excluding diaryl/α,β-unsaturated/α-hetero) is 1. The van der Waals surface area contributed by atoms with Gasteiger partial charge >= 0.3 is 5.97 Å². The molecule has 2 atom stereocenters. The molecule has 0 radical (unpaired) electrons. The molecule has 1 aromatic rings. The van der Waals surface area contributed by atoms with E-state index < -0.39 is 0 Å². The van der Waals surface area contributed by atoms with Crippen molar-refractivity contribution in [3.63, 3.8) is 0 Å². The second-order valence-electron chi connectivity index (χ2n) is 10.1. The minimum Gasteiger partial charge on any atom is -0.465 e. The fourth-order valence-corrected chi connectivity index (χ4v) is 3.15. The van der Waals surface area contributed by atoms with Crippen molar-refractivity contribution >= 4 is 11.8 Å². The van der Waals surface area contributed by atoms with E-state index >= 15 is 0 Å². The standard InChI is InChI=1S/C25H40O3/c1-17(2)15-20-9-11-21(12-10-20)19(5)23(26)16-22(18(3)4)24(27)28-14-13-25(6,7)8/h9-12,17-19,22H,13-16H2,1-8H3. The van der Waals surface area contributed by atoms with Crippen LogP contribution in [0, 0.1) is 23.2 Å². The average molecular weight is 389 g/mol. The lowest BCUT2D eigenvalue weighted by molar-refractivity contribution is -0.152.